The molecule has 0 unspecified atom stereocenters. The molecule has 82 heavy (non-hydrogen) atoms. The summed E-state index contributed by atoms with van der Waals surface area (Å²) in [6.07, 6.45) is -58.3. The maximum Gasteiger partial charge on any atom is 0.397 e. The number of carboxylic acids is 2. The molecule has 0 saturated carbocycles. The molecular weight excluding hydrogens is 1280 g/mol. The number of carboxylic acid groups (broad SMARTS) is 2. The van der Waals surface area contributed by atoms with E-state index in [2.05, 4.69) is 16.7 Å². The zero-order chi connectivity index (χ0) is 62.3. The molecule has 5 saturated heterocycles. The molecule has 46 nitrogen and oxygen atoms in total. The standard InChI is InChI=1S/C30H51N3O43S6/c31-7-18(75-81(58,59)60)17(70-29-14(39)13(38)19(22(73-29)24(41)42)72-28-9(33-78(49,50)51)11(36)10(35)5(68-28)2-64-79(52,53)54)4(1-34)67-27(7)71-20-15(40)21(76-82(61,62)63)30(74-23(20)25(43)44)69-16-6(3-65-80(55,56)57)66-26(45)8(12(16)37)32-77(46,47)48/h4-23,26-30,32-40,45H,1-3,31H2,(H,41,42)(H,43,44)(H,46,47,48)(H,49,50,51)(H,52,53,54)(H,55,56,57)(H,58,59,60)(H,61,62,63)/t4-,5-,6-,7-,8-,9-,10-,11-,12-,13-,14-,15+,16-,17-,18-,19+,20+,21-,22+,23-,26+,27-,28-,29+,30-/m1/s1. The highest BCUT2D eigenvalue weighted by Gasteiger charge is 2.60. The Hall–Kier alpha value is -2.56. The van der Waals surface area contributed by atoms with Gasteiger partial charge in [0.25, 0.3) is 0 Å². The zero-order valence-corrected chi connectivity index (χ0v) is 44.7. The minimum Gasteiger partial charge on any atom is -0.479 e. The summed E-state index contributed by atoms with van der Waals surface area (Å²) in [4.78, 5) is 25.4. The van der Waals surface area contributed by atoms with Crippen molar-refractivity contribution >= 4 is 74.1 Å². The van der Waals surface area contributed by atoms with Gasteiger partial charge in [-0.25, -0.2) is 26.3 Å². The van der Waals surface area contributed by atoms with Crippen LogP contribution in [0.3, 0.4) is 0 Å². The molecule has 5 heterocycles. The molecule has 0 spiro atoms. The number of ether oxygens (including phenoxy) is 9. The fourth-order valence-corrected chi connectivity index (χ4v) is 11.2. The Balaban J connectivity index is 1.45. The van der Waals surface area contributed by atoms with Crippen LogP contribution in [0.15, 0.2) is 0 Å². The van der Waals surface area contributed by atoms with Crippen molar-refractivity contribution in [1.29, 1.82) is 0 Å². The Labute approximate surface area is 458 Å². The van der Waals surface area contributed by atoms with Crippen molar-refractivity contribution in [2.75, 3.05) is 19.8 Å². The number of aliphatic hydroxyl groups excluding tert-OH is 8. The van der Waals surface area contributed by atoms with E-state index < -0.39 is 247 Å². The summed E-state index contributed by atoms with van der Waals surface area (Å²) in [5, 5.41) is 107. The van der Waals surface area contributed by atoms with E-state index in [9.17, 15) is 129 Å². The molecule has 25 atom stereocenters. The van der Waals surface area contributed by atoms with Crippen LogP contribution in [0.4, 0.5) is 0 Å². The first-order valence-electron chi connectivity index (χ1n) is 21.8. The van der Waals surface area contributed by atoms with E-state index in [1.807, 2.05) is 0 Å². The van der Waals surface area contributed by atoms with E-state index in [1.165, 1.54) is 9.44 Å². The second kappa shape index (κ2) is 26.8. The van der Waals surface area contributed by atoms with Gasteiger partial charge < -0.3 is 99.4 Å². The Bertz CT molecular complexity index is 2920. The van der Waals surface area contributed by atoms with Crippen molar-refractivity contribution < 1.29 is 198 Å². The van der Waals surface area contributed by atoms with Crippen LogP contribution in [0.1, 0.15) is 0 Å². The van der Waals surface area contributed by atoms with Crippen molar-refractivity contribution in [2.24, 2.45) is 5.73 Å². The van der Waals surface area contributed by atoms with Gasteiger partial charge in [-0.3, -0.25) is 27.3 Å². The van der Waals surface area contributed by atoms with Gasteiger partial charge in [-0.15, -0.1) is 0 Å². The first kappa shape index (κ1) is 70.2. The molecule has 0 aromatic carbocycles. The van der Waals surface area contributed by atoms with Crippen LogP contribution < -0.4 is 15.2 Å². The number of aliphatic carboxylic acids is 2. The van der Waals surface area contributed by atoms with Gasteiger partial charge in [0.1, 0.15) is 97.5 Å². The SMILES string of the molecule is N[C@H]1[C@@H](O[C@H]2[C@H](O)[C@@H](OS(=O)(=O)O)[C@H](O[C@H]3[C@H](O)[C@@H](NS(=O)(=O)O)[C@@H](O)O[C@@H]3COS(=O)(=O)O)O[C@H]2C(=O)O)O[C@H](CO)[C@@H](O[C@H]2O[C@H](C(=O)O)[C@@H](O[C@H]3O[C@H](COS(=O)(=O)O)[C@@H](O)[C@H](O)[C@H]3NS(=O)(=O)O)[C@H](O)[C@H]2O)[C@@H]1OS(=O)(=O)O. The predicted octanol–water partition coefficient (Wildman–Crippen LogP) is -13.7. The molecule has 0 aromatic heterocycles. The molecule has 5 rings (SSSR count). The first-order chi connectivity index (χ1) is 37.3. The van der Waals surface area contributed by atoms with Crippen molar-refractivity contribution in [3.05, 3.63) is 0 Å². The van der Waals surface area contributed by atoms with E-state index >= 15 is 0 Å². The topological polar surface area (TPSA) is 733 Å². The molecule has 52 heteroatoms. The second-order valence-electron chi connectivity index (χ2n) is 17.4. The van der Waals surface area contributed by atoms with Gasteiger partial charge in [0.2, 0.25) is 0 Å². The van der Waals surface area contributed by atoms with Crippen molar-refractivity contribution in [1.82, 2.24) is 9.44 Å². The molecule has 5 aliphatic heterocycles. The summed E-state index contributed by atoms with van der Waals surface area (Å²) >= 11 is 0. The maximum absolute atomic E-state index is 12.8. The van der Waals surface area contributed by atoms with Gasteiger partial charge in [0.15, 0.2) is 49.8 Å². The molecule has 0 bridgehead atoms. The third kappa shape index (κ3) is 18.7. The normalized spacial score (nSPS) is 41.2. The van der Waals surface area contributed by atoms with E-state index in [-0.39, 0.29) is 0 Å². The van der Waals surface area contributed by atoms with E-state index in [0.29, 0.717) is 0 Å². The lowest BCUT2D eigenvalue weighted by atomic mass is 9.94. The summed E-state index contributed by atoms with van der Waals surface area (Å²) in [5.41, 5.74) is 6.15. The summed E-state index contributed by atoms with van der Waals surface area (Å²) in [6, 6.07) is -7.42. The van der Waals surface area contributed by atoms with Crippen LogP contribution in [0.2, 0.25) is 0 Å². The van der Waals surface area contributed by atoms with Crippen LogP contribution >= 0.6 is 0 Å². The summed E-state index contributed by atoms with van der Waals surface area (Å²) in [7, 11) is -33.6. The Morgan fingerprint density at radius 3 is 1.35 bits per heavy atom. The lowest BCUT2D eigenvalue weighted by Gasteiger charge is -2.50. The predicted molar refractivity (Wildman–Crippen MR) is 236 cm³/mol. The molecule has 20 N–H and O–H groups in total. The summed E-state index contributed by atoms with van der Waals surface area (Å²) < 4.78 is 265. The molecule has 5 aliphatic rings. The largest absolute Gasteiger partial charge is 0.479 e. The minimum absolute atomic E-state index is 1.26. The highest BCUT2D eigenvalue weighted by Crippen LogP contribution is 2.37. The van der Waals surface area contributed by atoms with E-state index in [0.717, 1.165) is 0 Å². The number of aliphatic hydroxyl groups is 8. The highest BCUT2D eigenvalue weighted by molar-refractivity contribution is 7.84. The number of carbonyl (C=O) groups is 2. The average Bonchev–Trinajstić information content (AvgIpc) is 3.27. The number of rotatable bonds is 25. The quantitative estimate of drug-likeness (QED) is 0.0377. The van der Waals surface area contributed by atoms with Gasteiger partial charge in [0, 0.05) is 0 Å². The Morgan fingerprint density at radius 1 is 0.427 bits per heavy atom. The lowest BCUT2D eigenvalue weighted by molar-refractivity contribution is -0.372. The van der Waals surface area contributed by atoms with Crippen LogP contribution in [0.25, 0.3) is 0 Å². The Kier molecular flexibility index (Phi) is 23.0. The van der Waals surface area contributed by atoms with Gasteiger partial charge in [-0.05, 0) is 0 Å². The first-order valence-corrected chi connectivity index (χ1v) is 30.2. The summed E-state index contributed by atoms with van der Waals surface area (Å²) in [5.74, 6) is -4.53. The maximum atomic E-state index is 12.8. The molecule has 0 radical (unpaired) electrons. The van der Waals surface area contributed by atoms with Crippen molar-refractivity contribution in [3.8, 4) is 0 Å². The number of hydrogen-bond donors (Lipinski definition) is 19. The second-order valence-corrected chi connectivity index (χ2v) is 24.1. The number of nitrogens with two attached hydrogens (primary N) is 1. The average molecular weight is 1330 g/mol. The fraction of sp³-hybridized carbons (Fsp3) is 0.933. The van der Waals surface area contributed by atoms with Gasteiger partial charge in [-0.2, -0.15) is 60.0 Å². The van der Waals surface area contributed by atoms with Gasteiger partial charge in [0.05, 0.1) is 25.9 Å². The highest BCUT2D eigenvalue weighted by atomic mass is 32.3. The smallest absolute Gasteiger partial charge is 0.397 e. The lowest BCUT2D eigenvalue weighted by Crippen LogP contribution is -2.70. The molecular formula is C30H51N3O43S6. The van der Waals surface area contributed by atoms with Crippen LogP contribution in [-0.2, 0) is 131 Å². The molecule has 0 aliphatic carbocycles. The molecule has 0 amide bonds. The van der Waals surface area contributed by atoms with Crippen LogP contribution in [-0.4, -0.2) is 314 Å². The van der Waals surface area contributed by atoms with E-state index in [1.54, 1.807) is 0 Å². The minimum atomic E-state index is -5.97. The van der Waals surface area contributed by atoms with Gasteiger partial charge >= 0.3 is 74.1 Å². The van der Waals surface area contributed by atoms with Crippen LogP contribution in [0.5, 0.6) is 0 Å². The number of hydrogen-bond acceptors (Lipinski definition) is 36. The molecule has 5 fully saturated rings. The number of nitrogens with one attached hydrogen (secondary N) is 2. The monoisotopic (exact) mass is 1330 g/mol. The van der Waals surface area contributed by atoms with Crippen LogP contribution in [0, 0.1) is 0 Å². The zero-order valence-electron chi connectivity index (χ0n) is 39.8. The fourth-order valence-electron chi connectivity index (χ4n) is 8.39. The van der Waals surface area contributed by atoms with Crippen molar-refractivity contribution in [2.45, 2.75) is 153 Å². The molecule has 480 valence electrons. The Morgan fingerprint density at radius 2 is 0.866 bits per heavy atom. The van der Waals surface area contributed by atoms with Gasteiger partial charge in [-0.1, -0.05) is 0 Å². The summed E-state index contributed by atoms with van der Waals surface area (Å²) in [6.45, 7) is -4.48. The third-order valence-corrected chi connectivity index (χ3v) is 14.7. The van der Waals surface area contributed by atoms with E-state index in [4.69, 9.17) is 57.5 Å². The van der Waals surface area contributed by atoms with Crippen molar-refractivity contribution in [3.63, 3.8) is 0 Å². The molecule has 0 aromatic rings. The third-order valence-electron chi connectivity index (χ3n) is 11.8.